The number of rotatable bonds is 4. The van der Waals surface area contributed by atoms with Gasteiger partial charge < -0.3 is 9.32 Å². The number of aliphatic imine (C=N–C) groups is 1. The molecule has 0 radical (unpaired) electrons. The Hall–Kier alpha value is -2.24. The molecule has 2 aromatic heterocycles. The van der Waals surface area contributed by atoms with Crippen LogP contribution in [-0.4, -0.2) is 26.8 Å². The third kappa shape index (κ3) is 3.03. The zero-order chi connectivity index (χ0) is 19.1. The number of pyridine rings is 1. The highest BCUT2D eigenvalue weighted by molar-refractivity contribution is 8.14. The minimum absolute atomic E-state index is 0.0332. The topological polar surface area (TPSA) is 41.6 Å². The molecule has 28 heavy (non-hydrogen) atoms. The van der Waals surface area contributed by atoms with Gasteiger partial charge in [-0.3, -0.25) is 4.98 Å². The van der Waals surface area contributed by atoms with Crippen molar-refractivity contribution in [3.63, 3.8) is 0 Å². The van der Waals surface area contributed by atoms with Gasteiger partial charge in [-0.05, 0) is 55.0 Å². The molecule has 5 rings (SSSR count). The number of halogens is 1. The van der Waals surface area contributed by atoms with Crippen LogP contribution in [0.1, 0.15) is 36.9 Å². The zero-order valence-electron chi connectivity index (χ0n) is 15.5. The summed E-state index contributed by atoms with van der Waals surface area (Å²) in [4.78, 5) is 12.1. The fraction of sp³-hybridized carbons (Fsp3) is 0.273. The molecule has 0 amide bonds. The van der Waals surface area contributed by atoms with Crippen molar-refractivity contribution in [1.29, 1.82) is 0 Å². The molecule has 3 atom stereocenters. The summed E-state index contributed by atoms with van der Waals surface area (Å²) in [7, 11) is 0. The molecule has 4 heterocycles. The molecule has 6 heteroatoms. The highest BCUT2D eigenvalue weighted by Gasteiger charge is 2.46. The van der Waals surface area contributed by atoms with Gasteiger partial charge >= 0.3 is 0 Å². The molecule has 0 N–H and O–H groups in total. The highest BCUT2D eigenvalue weighted by Crippen LogP contribution is 2.49. The molecule has 2 aliphatic rings. The smallest absolute Gasteiger partial charge is 0.161 e. The van der Waals surface area contributed by atoms with Crippen LogP contribution in [0.3, 0.4) is 0 Å². The van der Waals surface area contributed by atoms with Crippen LogP contribution in [0.5, 0.6) is 0 Å². The van der Waals surface area contributed by atoms with Gasteiger partial charge in [-0.25, -0.2) is 4.99 Å². The van der Waals surface area contributed by atoms with Gasteiger partial charge in [-0.1, -0.05) is 36.4 Å². The minimum Gasteiger partial charge on any atom is -0.459 e. The Labute approximate surface area is 173 Å². The summed E-state index contributed by atoms with van der Waals surface area (Å²) in [6.45, 7) is 2.24. The number of aromatic nitrogens is 1. The van der Waals surface area contributed by atoms with Crippen molar-refractivity contribution < 1.29 is 4.42 Å². The van der Waals surface area contributed by atoms with E-state index in [2.05, 4.69) is 28.9 Å². The summed E-state index contributed by atoms with van der Waals surface area (Å²) in [5.41, 5.74) is 2.00. The molecule has 0 saturated carbocycles. The number of hydrogen-bond acceptors (Lipinski definition) is 5. The number of fused-ring (bicyclic) bond motifs is 1. The first-order valence-corrected chi connectivity index (χ1v) is 10.9. The lowest BCUT2D eigenvalue weighted by atomic mass is 10.0. The SMILES string of the molecule is CC[C@@H]1CSC2=N[C@H](c3ccccn3)[C@H](c3ccc(-c4ccc(Cl)cc4)o3)N21. The van der Waals surface area contributed by atoms with Crippen molar-refractivity contribution in [3.8, 4) is 11.3 Å². The highest BCUT2D eigenvalue weighted by atomic mass is 35.5. The number of furan rings is 1. The lowest BCUT2D eigenvalue weighted by molar-refractivity contribution is 0.226. The number of hydrogen-bond donors (Lipinski definition) is 0. The van der Waals surface area contributed by atoms with Crippen LogP contribution in [0.4, 0.5) is 0 Å². The van der Waals surface area contributed by atoms with Gasteiger partial charge in [0.05, 0.1) is 5.69 Å². The Bertz CT molecular complexity index is 1000. The van der Waals surface area contributed by atoms with Gasteiger partial charge in [-0.2, -0.15) is 0 Å². The van der Waals surface area contributed by atoms with Crippen LogP contribution in [-0.2, 0) is 0 Å². The van der Waals surface area contributed by atoms with E-state index < -0.39 is 0 Å². The number of amidine groups is 1. The Morgan fingerprint density at radius 3 is 2.75 bits per heavy atom. The summed E-state index contributed by atoms with van der Waals surface area (Å²) in [5.74, 6) is 2.85. The third-order valence-electron chi connectivity index (χ3n) is 5.38. The van der Waals surface area contributed by atoms with Crippen LogP contribution >= 0.6 is 23.4 Å². The molecule has 1 aromatic carbocycles. The second kappa shape index (κ2) is 7.30. The molecular formula is C22H20ClN3OS. The van der Waals surface area contributed by atoms with Gasteiger partial charge in [0.15, 0.2) is 5.17 Å². The number of nitrogens with zero attached hydrogens (tertiary/aromatic N) is 3. The Morgan fingerprint density at radius 1 is 1.14 bits per heavy atom. The second-order valence-electron chi connectivity index (χ2n) is 7.05. The monoisotopic (exact) mass is 409 g/mol. The molecule has 2 aliphatic heterocycles. The Morgan fingerprint density at radius 2 is 2.00 bits per heavy atom. The summed E-state index contributed by atoms with van der Waals surface area (Å²) in [6, 6.07) is 18.3. The predicted octanol–water partition coefficient (Wildman–Crippen LogP) is 5.97. The molecule has 0 spiro atoms. The fourth-order valence-electron chi connectivity index (χ4n) is 3.94. The normalized spacial score (nSPS) is 23.7. The molecular weight excluding hydrogens is 390 g/mol. The summed E-state index contributed by atoms with van der Waals surface area (Å²) in [5, 5.41) is 1.83. The van der Waals surface area contributed by atoms with E-state index in [0.717, 1.165) is 45.1 Å². The van der Waals surface area contributed by atoms with Crippen molar-refractivity contribution in [2.45, 2.75) is 31.5 Å². The van der Waals surface area contributed by atoms with Crippen molar-refractivity contribution in [1.82, 2.24) is 9.88 Å². The molecule has 4 nitrogen and oxygen atoms in total. The van der Waals surface area contributed by atoms with Gasteiger partial charge in [0.1, 0.15) is 23.6 Å². The standard InChI is InChI=1S/C22H20ClN3OS/c1-2-16-13-28-22-25-20(17-5-3-4-12-24-17)21(26(16)22)19-11-10-18(27-19)14-6-8-15(23)9-7-14/h3-12,16,20-21H,2,13H2,1H3/t16-,20-,21+/m1/s1. The summed E-state index contributed by atoms with van der Waals surface area (Å²) >= 11 is 7.87. The lowest BCUT2D eigenvalue weighted by Crippen LogP contribution is -2.35. The van der Waals surface area contributed by atoms with E-state index in [1.165, 1.54) is 0 Å². The maximum absolute atomic E-state index is 6.35. The Balaban J connectivity index is 1.55. The van der Waals surface area contributed by atoms with Crippen LogP contribution in [0.2, 0.25) is 5.02 Å². The van der Waals surface area contributed by atoms with Gasteiger partial charge in [0.2, 0.25) is 0 Å². The predicted molar refractivity (Wildman–Crippen MR) is 115 cm³/mol. The molecule has 1 saturated heterocycles. The van der Waals surface area contributed by atoms with E-state index in [-0.39, 0.29) is 12.1 Å². The molecule has 142 valence electrons. The summed E-state index contributed by atoms with van der Waals surface area (Å²) < 4.78 is 6.35. The quantitative estimate of drug-likeness (QED) is 0.532. The zero-order valence-corrected chi connectivity index (χ0v) is 17.0. The summed E-state index contributed by atoms with van der Waals surface area (Å²) in [6.07, 6.45) is 2.92. The average molecular weight is 410 g/mol. The first kappa shape index (κ1) is 17.8. The van der Waals surface area contributed by atoms with Gasteiger partial charge in [-0.15, -0.1) is 0 Å². The molecule has 1 fully saturated rings. The van der Waals surface area contributed by atoms with Crippen LogP contribution in [0, 0.1) is 0 Å². The lowest BCUT2D eigenvalue weighted by Gasteiger charge is -2.30. The van der Waals surface area contributed by atoms with E-state index in [9.17, 15) is 0 Å². The van der Waals surface area contributed by atoms with E-state index in [1.807, 2.05) is 60.4 Å². The van der Waals surface area contributed by atoms with E-state index in [4.69, 9.17) is 21.0 Å². The van der Waals surface area contributed by atoms with Crippen LogP contribution in [0.15, 0.2) is 70.2 Å². The number of benzene rings is 1. The van der Waals surface area contributed by atoms with Crippen LogP contribution in [0.25, 0.3) is 11.3 Å². The van der Waals surface area contributed by atoms with Gasteiger partial charge in [0, 0.05) is 28.6 Å². The van der Waals surface area contributed by atoms with Crippen molar-refractivity contribution in [2.75, 3.05) is 5.75 Å². The molecule has 0 unspecified atom stereocenters. The van der Waals surface area contributed by atoms with Gasteiger partial charge in [0.25, 0.3) is 0 Å². The average Bonchev–Trinajstić information content (AvgIpc) is 3.44. The number of thioether (sulfide) groups is 1. The van der Waals surface area contributed by atoms with Crippen LogP contribution < -0.4 is 0 Å². The largest absolute Gasteiger partial charge is 0.459 e. The molecule has 0 aliphatic carbocycles. The second-order valence-corrected chi connectivity index (χ2v) is 8.47. The first-order valence-electron chi connectivity index (χ1n) is 9.50. The van der Waals surface area contributed by atoms with E-state index in [1.54, 1.807) is 0 Å². The van der Waals surface area contributed by atoms with Crippen molar-refractivity contribution >= 4 is 28.5 Å². The van der Waals surface area contributed by atoms with E-state index >= 15 is 0 Å². The molecule has 0 bridgehead atoms. The van der Waals surface area contributed by atoms with E-state index in [0.29, 0.717) is 6.04 Å². The minimum atomic E-state index is -0.0535. The molecule has 3 aromatic rings. The maximum Gasteiger partial charge on any atom is 0.161 e. The first-order chi connectivity index (χ1) is 13.7. The Kier molecular flexibility index (Phi) is 4.65. The third-order valence-corrected chi connectivity index (χ3v) is 6.75. The fourth-order valence-corrected chi connectivity index (χ4v) is 5.40. The van der Waals surface area contributed by atoms with Crippen molar-refractivity contribution in [2.24, 2.45) is 4.99 Å². The van der Waals surface area contributed by atoms with Crippen molar-refractivity contribution in [3.05, 3.63) is 77.3 Å². The maximum atomic E-state index is 6.35.